The number of esters is 1. The van der Waals surface area contributed by atoms with E-state index < -0.39 is 12.1 Å². The summed E-state index contributed by atoms with van der Waals surface area (Å²) in [6.07, 6.45) is -0.602. The van der Waals surface area contributed by atoms with Crippen molar-refractivity contribution in [2.24, 2.45) is 0 Å². The molecule has 2 N–H and O–H groups in total. The molecule has 5 heteroatoms. The van der Waals surface area contributed by atoms with Gasteiger partial charge in [-0.3, -0.25) is 0 Å². The third-order valence-electron chi connectivity index (χ3n) is 4.85. The predicted molar refractivity (Wildman–Crippen MR) is 96.5 cm³/mol. The first-order valence-corrected chi connectivity index (χ1v) is 8.21. The molecule has 0 unspecified atom stereocenters. The number of aromatic amines is 1. The number of carboxylic acids is 1. The number of aromatic carboxylic acids is 1. The fourth-order valence-corrected chi connectivity index (χ4v) is 3.72. The lowest BCUT2D eigenvalue weighted by atomic mass is 9.92. The number of rotatable bonds is 2. The molecule has 26 heavy (non-hydrogen) atoms. The van der Waals surface area contributed by atoms with E-state index in [1.165, 1.54) is 0 Å². The highest BCUT2D eigenvalue weighted by Crippen LogP contribution is 2.39. The summed E-state index contributed by atoms with van der Waals surface area (Å²) in [4.78, 5) is 27.1. The Balaban J connectivity index is 1.76. The number of para-hydroxylation sites is 1. The van der Waals surface area contributed by atoms with Gasteiger partial charge in [0.1, 0.15) is 0 Å². The lowest BCUT2D eigenvalue weighted by Gasteiger charge is -2.25. The lowest BCUT2D eigenvalue weighted by molar-refractivity contribution is 0.0359. The van der Waals surface area contributed by atoms with Crippen LogP contribution in [0.15, 0.2) is 60.7 Å². The lowest BCUT2D eigenvalue weighted by Crippen LogP contribution is -2.19. The number of carbonyl (C=O) groups excluding carboxylic acids is 1. The van der Waals surface area contributed by atoms with E-state index in [0.29, 0.717) is 16.8 Å². The van der Waals surface area contributed by atoms with Gasteiger partial charge in [-0.1, -0.05) is 42.5 Å². The molecule has 1 aliphatic heterocycles. The Morgan fingerprint density at radius 1 is 1.00 bits per heavy atom. The minimum Gasteiger partial charge on any atom is -0.478 e. The van der Waals surface area contributed by atoms with E-state index in [1.807, 2.05) is 42.5 Å². The second kappa shape index (κ2) is 5.20. The first-order valence-electron chi connectivity index (χ1n) is 8.21. The third-order valence-corrected chi connectivity index (χ3v) is 4.85. The maximum Gasteiger partial charge on any atom is 0.339 e. The first-order chi connectivity index (χ1) is 12.6. The molecule has 1 atom stereocenters. The Morgan fingerprint density at radius 3 is 2.54 bits per heavy atom. The van der Waals surface area contributed by atoms with Crippen LogP contribution in [0.2, 0.25) is 0 Å². The number of aromatic nitrogens is 1. The van der Waals surface area contributed by atoms with Crippen molar-refractivity contribution in [2.45, 2.75) is 6.10 Å². The number of ether oxygens (including phenoxy) is 1. The number of H-pyrrole nitrogens is 1. The number of nitrogens with one attached hydrogen (secondary N) is 1. The zero-order valence-corrected chi connectivity index (χ0v) is 13.5. The van der Waals surface area contributed by atoms with Crippen LogP contribution in [0.25, 0.3) is 21.7 Å². The molecule has 5 rings (SSSR count). The number of cyclic esters (lactones) is 1. The highest BCUT2D eigenvalue weighted by Gasteiger charge is 2.30. The van der Waals surface area contributed by atoms with Crippen molar-refractivity contribution in [2.75, 3.05) is 0 Å². The van der Waals surface area contributed by atoms with Gasteiger partial charge in [0.2, 0.25) is 0 Å². The Kier molecular flexibility index (Phi) is 2.94. The van der Waals surface area contributed by atoms with Gasteiger partial charge >= 0.3 is 11.9 Å². The predicted octanol–water partition coefficient (Wildman–Crippen LogP) is 4.28. The van der Waals surface area contributed by atoms with Crippen molar-refractivity contribution in [3.8, 4) is 0 Å². The molecule has 1 aromatic heterocycles. The fourth-order valence-electron chi connectivity index (χ4n) is 3.72. The maximum atomic E-state index is 12.5. The van der Waals surface area contributed by atoms with Crippen molar-refractivity contribution in [3.63, 3.8) is 0 Å². The van der Waals surface area contributed by atoms with E-state index in [4.69, 9.17) is 4.74 Å². The topological polar surface area (TPSA) is 79.4 Å². The zero-order valence-electron chi connectivity index (χ0n) is 13.5. The van der Waals surface area contributed by atoms with Gasteiger partial charge in [-0.15, -0.1) is 0 Å². The molecule has 0 saturated heterocycles. The van der Waals surface area contributed by atoms with E-state index in [0.717, 1.165) is 21.7 Å². The van der Waals surface area contributed by atoms with Crippen molar-refractivity contribution in [3.05, 3.63) is 83.0 Å². The summed E-state index contributed by atoms with van der Waals surface area (Å²) < 4.78 is 5.70. The van der Waals surface area contributed by atoms with Crippen LogP contribution in [0.4, 0.5) is 0 Å². The molecule has 126 valence electrons. The Morgan fingerprint density at radius 2 is 1.73 bits per heavy atom. The summed E-state index contributed by atoms with van der Waals surface area (Å²) in [6, 6.07) is 18.3. The van der Waals surface area contributed by atoms with Crippen molar-refractivity contribution < 1.29 is 19.4 Å². The standard InChI is InChI=1S/C21H13NO4/c23-20(24)15-9-3-6-12-10-16(22-18(12)15)19-13-7-1-4-11-5-2-8-14(17(11)13)21(25)26-19/h1-10,19,22H,(H,23,24)/t19-/m1/s1. The molecule has 0 aliphatic carbocycles. The minimum absolute atomic E-state index is 0.189. The second-order valence-corrected chi connectivity index (χ2v) is 6.34. The van der Waals surface area contributed by atoms with Crippen LogP contribution in [-0.4, -0.2) is 22.0 Å². The smallest absolute Gasteiger partial charge is 0.339 e. The first kappa shape index (κ1) is 14.7. The second-order valence-electron chi connectivity index (χ2n) is 6.34. The van der Waals surface area contributed by atoms with E-state index in [2.05, 4.69) is 4.98 Å². The summed E-state index contributed by atoms with van der Waals surface area (Å²) in [7, 11) is 0. The molecule has 0 bridgehead atoms. The monoisotopic (exact) mass is 343 g/mol. The van der Waals surface area contributed by atoms with Crippen LogP contribution in [0.1, 0.15) is 38.1 Å². The molecular formula is C21H13NO4. The zero-order chi connectivity index (χ0) is 17.8. The molecule has 4 aromatic rings. The highest BCUT2D eigenvalue weighted by molar-refractivity contribution is 6.08. The number of fused-ring (bicyclic) bond motifs is 1. The molecule has 3 aromatic carbocycles. The number of hydrogen-bond acceptors (Lipinski definition) is 3. The normalized spacial score (nSPS) is 16.0. The summed E-state index contributed by atoms with van der Waals surface area (Å²) in [5.41, 5.74) is 2.81. The summed E-state index contributed by atoms with van der Waals surface area (Å²) in [6.45, 7) is 0. The number of hydrogen-bond donors (Lipinski definition) is 2. The maximum absolute atomic E-state index is 12.5. The van der Waals surface area contributed by atoms with Crippen molar-refractivity contribution in [1.29, 1.82) is 0 Å². The number of carbonyl (C=O) groups is 2. The van der Waals surface area contributed by atoms with E-state index >= 15 is 0 Å². The average Bonchev–Trinajstić information content (AvgIpc) is 3.08. The molecular weight excluding hydrogens is 330 g/mol. The van der Waals surface area contributed by atoms with Gasteiger partial charge in [-0.25, -0.2) is 9.59 Å². The minimum atomic E-state index is -1.00. The highest BCUT2D eigenvalue weighted by atomic mass is 16.5. The largest absolute Gasteiger partial charge is 0.478 e. The van der Waals surface area contributed by atoms with E-state index in [9.17, 15) is 14.7 Å². The molecule has 0 saturated carbocycles. The van der Waals surface area contributed by atoms with E-state index in [-0.39, 0.29) is 11.5 Å². The molecule has 0 fully saturated rings. The molecule has 0 spiro atoms. The Labute approximate surface area is 147 Å². The van der Waals surface area contributed by atoms with Crippen LogP contribution in [0, 0.1) is 0 Å². The van der Waals surface area contributed by atoms with Gasteiger partial charge in [0, 0.05) is 16.3 Å². The molecule has 5 nitrogen and oxygen atoms in total. The van der Waals surface area contributed by atoms with Crippen LogP contribution < -0.4 is 0 Å². The summed E-state index contributed by atoms with van der Waals surface area (Å²) >= 11 is 0. The Bertz CT molecular complexity index is 1220. The van der Waals surface area contributed by atoms with Crippen LogP contribution in [0.5, 0.6) is 0 Å². The molecule has 0 amide bonds. The van der Waals surface area contributed by atoms with Crippen LogP contribution in [-0.2, 0) is 4.74 Å². The van der Waals surface area contributed by atoms with Crippen LogP contribution >= 0.6 is 0 Å². The number of carboxylic acid groups (broad SMARTS) is 1. The van der Waals surface area contributed by atoms with E-state index in [1.54, 1.807) is 18.2 Å². The van der Waals surface area contributed by atoms with Crippen molar-refractivity contribution >= 4 is 33.6 Å². The SMILES string of the molecule is O=C(O)c1cccc2cc([C@@H]3OC(=O)c4cccc5cccc3c45)[nH]c12. The average molecular weight is 343 g/mol. The van der Waals surface area contributed by atoms with Gasteiger partial charge in [-0.2, -0.15) is 0 Å². The van der Waals surface area contributed by atoms with Gasteiger partial charge in [0.25, 0.3) is 0 Å². The third kappa shape index (κ3) is 1.97. The van der Waals surface area contributed by atoms with Crippen LogP contribution in [0.3, 0.4) is 0 Å². The quantitative estimate of drug-likeness (QED) is 0.533. The Hall–Kier alpha value is -3.60. The summed E-state index contributed by atoms with van der Waals surface area (Å²) in [5, 5.41) is 12.0. The van der Waals surface area contributed by atoms with Gasteiger partial charge in [0.15, 0.2) is 6.10 Å². The number of benzene rings is 3. The van der Waals surface area contributed by atoms with Gasteiger partial charge in [-0.05, 0) is 23.6 Å². The molecule has 1 aliphatic rings. The van der Waals surface area contributed by atoms with Gasteiger partial charge in [0.05, 0.1) is 22.3 Å². The van der Waals surface area contributed by atoms with Gasteiger partial charge < -0.3 is 14.8 Å². The van der Waals surface area contributed by atoms with Crippen molar-refractivity contribution in [1.82, 2.24) is 4.98 Å². The molecule has 2 heterocycles. The fraction of sp³-hybridized carbons (Fsp3) is 0.0476. The molecule has 0 radical (unpaired) electrons. The summed E-state index contributed by atoms with van der Waals surface area (Å²) in [5.74, 6) is -1.38.